The average Bonchev–Trinajstić information content (AvgIpc) is 2.26. The van der Waals surface area contributed by atoms with Gasteiger partial charge in [0.15, 0.2) is 0 Å². The minimum absolute atomic E-state index is 0.00503. The smallest absolute Gasteiger partial charge is 0.234 e. The van der Waals surface area contributed by atoms with Crippen LogP contribution in [0.1, 0.15) is 13.8 Å². The van der Waals surface area contributed by atoms with Crippen molar-refractivity contribution in [3.05, 3.63) is 0 Å². The highest BCUT2D eigenvalue weighted by atomic mass is 79.9. The fourth-order valence-electron chi connectivity index (χ4n) is 1.27. The van der Waals surface area contributed by atoms with Crippen LogP contribution in [0.25, 0.3) is 0 Å². The number of alkyl halides is 1. The van der Waals surface area contributed by atoms with Gasteiger partial charge < -0.3 is 14.8 Å². The lowest BCUT2D eigenvalue weighted by molar-refractivity contribution is -0.123. The second kappa shape index (κ2) is 6.45. The Balaban J connectivity index is 2.20. The highest BCUT2D eigenvalue weighted by Gasteiger charge is 2.20. The summed E-state index contributed by atoms with van der Waals surface area (Å²) in [5.41, 5.74) is 0. The Kier molecular flexibility index (Phi) is 5.56. The first kappa shape index (κ1) is 12.9. The van der Waals surface area contributed by atoms with E-state index < -0.39 is 0 Å². The third-order valence-corrected chi connectivity index (χ3v) is 3.70. The van der Waals surface area contributed by atoms with E-state index in [1.165, 1.54) is 0 Å². The van der Waals surface area contributed by atoms with E-state index in [1.54, 1.807) is 0 Å². The van der Waals surface area contributed by atoms with Crippen molar-refractivity contribution in [3.8, 4) is 0 Å². The SMILES string of the molecule is CC(C)C(Br)C(=O)NCC1COCCO1. The summed E-state index contributed by atoms with van der Waals surface area (Å²) < 4.78 is 10.6. The summed E-state index contributed by atoms with van der Waals surface area (Å²) in [4.78, 5) is 11.4. The maximum Gasteiger partial charge on any atom is 0.234 e. The van der Waals surface area contributed by atoms with Gasteiger partial charge in [0.25, 0.3) is 0 Å². The maximum atomic E-state index is 11.6. The number of amides is 1. The lowest BCUT2D eigenvalue weighted by Crippen LogP contribution is -2.43. The van der Waals surface area contributed by atoms with Crippen LogP contribution in [0, 0.1) is 5.92 Å². The Morgan fingerprint density at radius 2 is 2.27 bits per heavy atom. The largest absolute Gasteiger partial charge is 0.376 e. The predicted molar refractivity (Wildman–Crippen MR) is 61.1 cm³/mol. The molecule has 1 saturated heterocycles. The molecule has 15 heavy (non-hydrogen) atoms. The monoisotopic (exact) mass is 279 g/mol. The summed E-state index contributed by atoms with van der Waals surface area (Å²) in [5, 5.41) is 2.84. The van der Waals surface area contributed by atoms with Crippen molar-refractivity contribution in [2.24, 2.45) is 5.92 Å². The molecule has 2 unspecified atom stereocenters. The zero-order valence-electron chi connectivity index (χ0n) is 9.16. The molecular weight excluding hydrogens is 262 g/mol. The third kappa shape index (κ3) is 4.49. The molecule has 2 atom stereocenters. The van der Waals surface area contributed by atoms with Gasteiger partial charge >= 0.3 is 0 Å². The molecule has 0 spiro atoms. The lowest BCUT2D eigenvalue weighted by Gasteiger charge is -2.24. The second-order valence-corrected chi connectivity index (χ2v) is 4.95. The Morgan fingerprint density at radius 1 is 1.53 bits per heavy atom. The van der Waals surface area contributed by atoms with E-state index in [9.17, 15) is 4.79 Å². The van der Waals surface area contributed by atoms with Crippen molar-refractivity contribution in [1.29, 1.82) is 0 Å². The topological polar surface area (TPSA) is 47.6 Å². The van der Waals surface area contributed by atoms with Crippen molar-refractivity contribution in [2.45, 2.75) is 24.8 Å². The molecule has 0 saturated carbocycles. The van der Waals surface area contributed by atoms with Crippen LogP contribution in [0.2, 0.25) is 0 Å². The minimum atomic E-state index is -0.137. The summed E-state index contributed by atoms with van der Waals surface area (Å²) in [6.07, 6.45) is -0.00503. The molecule has 1 fully saturated rings. The van der Waals surface area contributed by atoms with Crippen LogP contribution in [-0.2, 0) is 14.3 Å². The molecule has 88 valence electrons. The van der Waals surface area contributed by atoms with Gasteiger partial charge in [-0.15, -0.1) is 0 Å². The molecular formula is C10H18BrNO3. The Hall–Kier alpha value is -0.130. The molecule has 0 aliphatic carbocycles. The van der Waals surface area contributed by atoms with Gasteiger partial charge in [-0.2, -0.15) is 0 Å². The quantitative estimate of drug-likeness (QED) is 0.780. The fraction of sp³-hybridized carbons (Fsp3) is 0.900. The van der Waals surface area contributed by atoms with Crippen molar-refractivity contribution in [3.63, 3.8) is 0 Å². The van der Waals surface area contributed by atoms with E-state index in [2.05, 4.69) is 21.2 Å². The molecule has 0 aromatic carbocycles. The third-order valence-electron chi connectivity index (χ3n) is 2.22. The standard InChI is InChI=1S/C10H18BrNO3/c1-7(2)9(11)10(13)12-5-8-6-14-3-4-15-8/h7-9H,3-6H2,1-2H3,(H,12,13). The summed E-state index contributed by atoms with van der Waals surface area (Å²) in [5.74, 6) is 0.299. The minimum Gasteiger partial charge on any atom is -0.376 e. The number of halogens is 1. The van der Waals surface area contributed by atoms with E-state index in [4.69, 9.17) is 9.47 Å². The van der Waals surface area contributed by atoms with Crippen molar-refractivity contribution < 1.29 is 14.3 Å². The van der Waals surface area contributed by atoms with Crippen LogP contribution >= 0.6 is 15.9 Å². The molecule has 0 aromatic heterocycles. The summed E-state index contributed by atoms with van der Waals surface area (Å²) in [7, 11) is 0. The number of carbonyl (C=O) groups excluding carboxylic acids is 1. The number of rotatable bonds is 4. The van der Waals surface area contributed by atoms with E-state index in [1.807, 2.05) is 13.8 Å². The van der Waals surface area contributed by atoms with Gasteiger partial charge in [-0.3, -0.25) is 4.79 Å². The first-order valence-corrected chi connectivity index (χ1v) is 6.14. The summed E-state index contributed by atoms with van der Waals surface area (Å²) >= 11 is 3.35. The summed E-state index contributed by atoms with van der Waals surface area (Å²) in [6.45, 7) is 6.35. The number of hydrogen-bond donors (Lipinski definition) is 1. The molecule has 1 heterocycles. The van der Waals surface area contributed by atoms with Crippen LogP contribution in [0.15, 0.2) is 0 Å². The van der Waals surface area contributed by atoms with Gasteiger partial charge in [-0.25, -0.2) is 0 Å². The lowest BCUT2D eigenvalue weighted by atomic mass is 10.1. The van der Waals surface area contributed by atoms with Gasteiger partial charge in [0.2, 0.25) is 5.91 Å². The first-order chi connectivity index (χ1) is 7.11. The van der Waals surface area contributed by atoms with Crippen LogP contribution < -0.4 is 5.32 Å². The molecule has 0 radical (unpaired) electrons. The molecule has 0 bridgehead atoms. The van der Waals surface area contributed by atoms with E-state index >= 15 is 0 Å². The van der Waals surface area contributed by atoms with E-state index in [0.29, 0.717) is 26.4 Å². The predicted octanol–water partition coefficient (Wildman–Crippen LogP) is 0.938. The number of nitrogens with one attached hydrogen (secondary N) is 1. The number of ether oxygens (including phenoxy) is 2. The zero-order chi connectivity index (χ0) is 11.3. The Bertz CT molecular complexity index is 205. The van der Waals surface area contributed by atoms with Gasteiger partial charge in [0.05, 0.1) is 30.8 Å². The molecule has 4 nitrogen and oxygen atoms in total. The van der Waals surface area contributed by atoms with Crippen LogP contribution in [0.3, 0.4) is 0 Å². The van der Waals surface area contributed by atoms with E-state index in [-0.39, 0.29) is 22.8 Å². The number of hydrogen-bond acceptors (Lipinski definition) is 3. The van der Waals surface area contributed by atoms with Gasteiger partial charge in [-0.05, 0) is 5.92 Å². The molecule has 0 aromatic rings. The van der Waals surface area contributed by atoms with Crippen LogP contribution in [-0.4, -0.2) is 43.2 Å². The normalized spacial score (nSPS) is 23.9. The van der Waals surface area contributed by atoms with Gasteiger partial charge in [-0.1, -0.05) is 29.8 Å². The fourth-order valence-corrected chi connectivity index (χ4v) is 1.43. The molecule has 1 N–H and O–H groups in total. The van der Waals surface area contributed by atoms with Crippen LogP contribution in [0.4, 0.5) is 0 Å². The van der Waals surface area contributed by atoms with Crippen molar-refractivity contribution >= 4 is 21.8 Å². The second-order valence-electron chi connectivity index (χ2n) is 3.96. The van der Waals surface area contributed by atoms with Crippen LogP contribution in [0.5, 0.6) is 0 Å². The molecule has 1 amide bonds. The average molecular weight is 280 g/mol. The van der Waals surface area contributed by atoms with Crippen molar-refractivity contribution in [1.82, 2.24) is 5.32 Å². The van der Waals surface area contributed by atoms with Crippen molar-refractivity contribution in [2.75, 3.05) is 26.4 Å². The molecule has 1 rings (SSSR count). The Morgan fingerprint density at radius 3 is 2.80 bits per heavy atom. The highest BCUT2D eigenvalue weighted by molar-refractivity contribution is 9.10. The molecule has 5 heteroatoms. The first-order valence-electron chi connectivity index (χ1n) is 5.22. The summed E-state index contributed by atoms with van der Waals surface area (Å²) in [6, 6.07) is 0. The number of carbonyl (C=O) groups is 1. The zero-order valence-corrected chi connectivity index (χ0v) is 10.7. The van der Waals surface area contributed by atoms with E-state index in [0.717, 1.165) is 0 Å². The molecule has 1 aliphatic heterocycles. The maximum absolute atomic E-state index is 11.6. The van der Waals surface area contributed by atoms with Gasteiger partial charge in [0.1, 0.15) is 0 Å². The Labute approximate surface area is 98.8 Å². The van der Waals surface area contributed by atoms with Gasteiger partial charge in [0, 0.05) is 6.54 Å². The molecule has 1 aliphatic rings. The highest BCUT2D eigenvalue weighted by Crippen LogP contribution is 2.11.